The zero-order chi connectivity index (χ0) is 16.2. The fraction of sp³-hybridized carbons (Fsp3) is 0.429. The van der Waals surface area contributed by atoms with Gasteiger partial charge in [-0.3, -0.25) is 0 Å². The van der Waals surface area contributed by atoms with E-state index >= 15 is 0 Å². The van der Waals surface area contributed by atoms with E-state index in [-0.39, 0.29) is 11.0 Å². The number of benzene rings is 2. The van der Waals surface area contributed by atoms with E-state index in [0.717, 1.165) is 0 Å². The van der Waals surface area contributed by atoms with Gasteiger partial charge < -0.3 is 5.01 Å². The average Bonchev–Trinajstić information content (AvgIpc) is 2.73. The van der Waals surface area contributed by atoms with Gasteiger partial charge in [-0.15, -0.1) is 0 Å². The van der Waals surface area contributed by atoms with Crippen LogP contribution in [0.4, 0.5) is 5.69 Å². The second kappa shape index (κ2) is 4.85. The van der Waals surface area contributed by atoms with E-state index in [9.17, 15) is 0 Å². The Balaban J connectivity index is 1.90. The number of rotatable bonds is 1. The van der Waals surface area contributed by atoms with Gasteiger partial charge in [0.05, 0.1) is 11.2 Å². The first-order chi connectivity index (χ1) is 11.0. The van der Waals surface area contributed by atoms with Crippen LogP contribution in [0.25, 0.3) is 11.1 Å². The van der Waals surface area contributed by atoms with Gasteiger partial charge in [-0.05, 0) is 61.1 Å². The van der Waals surface area contributed by atoms with Crippen molar-refractivity contribution in [3.05, 3.63) is 53.6 Å². The normalized spacial score (nSPS) is 29.3. The zero-order valence-corrected chi connectivity index (χ0v) is 14.4. The minimum absolute atomic E-state index is 0.0396. The van der Waals surface area contributed by atoms with Gasteiger partial charge in [0, 0.05) is 5.41 Å². The van der Waals surface area contributed by atoms with Crippen LogP contribution in [-0.4, -0.2) is 5.54 Å². The molecule has 2 nitrogen and oxygen atoms in total. The molecular weight excluding hydrogens is 280 g/mol. The number of hydrogen-bond acceptors (Lipinski definition) is 2. The van der Waals surface area contributed by atoms with Crippen molar-refractivity contribution in [2.45, 2.75) is 57.4 Å². The van der Waals surface area contributed by atoms with Gasteiger partial charge in [0.1, 0.15) is 0 Å². The van der Waals surface area contributed by atoms with Gasteiger partial charge in [-0.2, -0.15) is 0 Å². The van der Waals surface area contributed by atoms with Gasteiger partial charge >= 0.3 is 0 Å². The highest BCUT2D eigenvalue weighted by Crippen LogP contribution is 2.57. The van der Waals surface area contributed by atoms with Crippen LogP contribution in [0.3, 0.4) is 0 Å². The molecule has 2 aromatic carbocycles. The molecule has 4 rings (SSSR count). The standard InChI is InChI=1S/C21H26N2/c1-15-8-4-5-9-17(15)16-10-11-19-18(14-16)20(2)12-6-7-13-21(20,3)23(19)22/h4-5,8-11,14H,6-7,12-13,22H2,1-3H3. The Bertz CT molecular complexity index is 766. The Morgan fingerprint density at radius 1 is 1.00 bits per heavy atom. The lowest BCUT2D eigenvalue weighted by Gasteiger charge is -2.48. The molecule has 2 aromatic rings. The second-order valence-electron chi connectivity index (χ2n) is 7.73. The first kappa shape index (κ1) is 14.8. The SMILES string of the molecule is Cc1ccccc1-c1ccc2c(c1)C1(C)CCCCC1(C)N2N. The van der Waals surface area contributed by atoms with Crippen molar-refractivity contribution in [1.29, 1.82) is 0 Å². The van der Waals surface area contributed by atoms with Crippen molar-refractivity contribution >= 4 is 5.69 Å². The Hall–Kier alpha value is -1.80. The predicted molar refractivity (Wildman–Crippen MR) is 97.5 cm³/mol. The maximum Gasteiger partial charge on any atom is 0.0627 e. The Kier molecular flexibility index (Phi) is 3.11. The topological polar surface area (TPSA) is 29.3 Å². The molecular formula is C21H26N2. The summed E-state index contributed by atoms with van der Waals surface area (Å²) < 4.78 is 0. The van der Waals surface area contributed by atoms with E-state index in [1.54, 1.807) is 0 Å². The molecule has 1 heterocycles. The zero-order valence-electron chi connectivity index (χ0n) is 14.4. The van der Waals surface area contributed by atoms with Gasteiger partial charge in [0.2, 0.25) is 0 Å². The molecule has 0 saturated heterocycles. The molecule has 2 unspecified atom stereocenters. The first-order valence-electron chi connectivity index (χ1n) is 8.73. The quantitative estimate of drug-likeness (QED) is 0.756. The summed E-state index contributed by atoms with van der Waals surface area (Å²) in [6.45, 7) is 6.95. The largest absolute Gasteiger partial charge is 0.304 e. The molecule has 2 aliphatic rings. The molecule has 2 atom stereocenters. The third kappa shape index (κ3) is 1.85. The molecule has 23 heavy (non-hydrogen) atoms. The molecule has 0 spiro atoms. The highest BCUT2D eigenvalue weighted by molar-refractivity contribution is 5.75. The van der Waals surface area contributed by atoms with Gasteiger partial charge in [0.15, 0.2) is 0 Å². The summed E-state index contributed by atoms with van der Waals surface area (Å²) in [6, 6.07) is 15.5. The van der Waals surface area contributed by atoms with Crippen molar-refractivity contribution < 1.29 is 0 Å². The molecule has 2 heteroatoms. The van der Waals surface area contributed by atoms with E-state index in [1.165, 1.54) is 53.6 Å². The van der Waals surface area contributed by atoms with Crippen LogP contribution >= 0.6 is 0 Å². The molecule has 2 N–H and O–H groups in total. The summed E-state index contributed by atoms with van der Waals surface area (Å²) in [6.07, 6.45) is 4.97. The van der Waals surface area contributed by atoms with E-state index < -0.39 is 0 Å². The lowest BCUT2D eigenvalue weighted by atomic mass is 9.61. The summed E-state index contributed by atoms with van der Waals surface area (Å²) in [5, 5.41) is 2.06. The second-order valence-corrected chi connectivity index (χ2v) is 7.73. The van der Waals surface area contributed by atoms with Crippen LogP contribution in [0, 0.1) is 6.92 Å². The number of aryl methyl sites for hydroxylation is 1. The van der Waals surface area contributed by atoms with Gasteiger partial charge in [-0.25, -0.2) is 5.84 Å². The molecule has 1 saturated carbocycles. The minimum Gasteiger partial charge on any atom is -0.304 e. The minimum atomic E-state index is 0.0396. The molecule has 1 aliphatic heterocycles. The highest BCUT2D eigenvalue weighted by Gasteiger charge is 2.56. The van der Waals surface area contributed by atoms with E-state index in [1.807, 2.05) is 0 Å². The van der Waals surface area contributed by atoms with Crippen LogP contribution in [0.2, 0.25) is 0 Å². The van der Waals surface area contributed by atoms with Crippen molar-refractivity contribution in [3.63, 3.8) is 0 Å². The summed E-state index contributed by atoms with van der Waals surface area (Å²) in [5.41, 5.74) is 6.80. The first-order valence-corrected chi connectivity index (χ1v) is 8.73. The van der Waals surface area contributed by atoms with Crippen LogP contribution < -0.4 is 10.9 Å². The van der Waals surface area contributed by atoms with Crippen molar-refractivity contribution in [2.24, 2.45) is 5.84 Å². The predicted octanol–water partition coefficient (Wildman–Crippen LogP) is 4.95. The van der Waals surface area contributed by atoms with Gasteiger partial charge in [0.25, 0.3) is 0 Å². The number of hydrogen-bond donors (Lipinski definition) is 1. The number of nitrogens with zero attached hydrogens (tertiary/aromatic N) is 1. The average molecular weight is 306 g/mol. The Morgan fingerprint density at radius 3 is 2.52 bits per heavy atom. The third-order valence-corrected chi connectivity index (χ3v) is 6.62. The molecule has 0 amide bonds. The van der Waals surface area contributed by atoms with Crippen molar-refractivity contribution in [1.82, 2.24) is 0 Å². The lowest BCUT2D eigenvalue weighted by Crippen LogP contribution is -2.59. The van der Waals surface area contributed by atoms with Crippen molar-refractivity contribution in [2.75, 3.05) is 5.01 Å². The molecule has 1 aliphatic carbocycles. The highest BCUT2D eigenvalue weighted by atomic mass is 15.5. The summed E-state index contributed by atoms with van der Waals surface area (Å²) in [5.74, 6) is 6.57. The monoisotopic (exact) mass is 306 g/mol. The van der Waals surface area contributed by atoms with E-state index in [0.29, 0.717) is 0 Å². The van der Waals surface area contributed by atoms with Crippen LogP contribution in [0.1, 0.15) is 50.7 Å². The van der Waals surface area contributed by atoms with E-state index in [2.05, 4.69) is 68.2 Å². The number of hydrazine groups is 1. The number of fused-ring (bicyclic) bond motifs is 3. The molecule has 0 aromatic heterocycles. The fourth-order valence-corrected chi connectivity index (χ4v) is 4.82. The Labute approximate surface area is 139 Å². The molecule has 0 radical (unpaired) electrons. The molecule has 120 valence electrons. The fourth-order valence-electron chi connectivity index (χ4n) is 4.82. The summed E-state index contributed by atoms with van der Waals surface area (Å²) in [4.78, 5) is 0. The number of nitrogens with two attached hydrogens (primary N) is 1. The van der Waals surface area contributed by atoms with Crippen LogP contribution in [0.15, 0.2) is 42.5 Å². The molecule has 1 fully saturated rings. The van der Waals surface area contributed by atoms with Crippen molar-refractivity contribution in [3.8, 4) is 11.1 Å². The maximum absolute atomic E-state index is 6.57. The summed E-state index contributed by atoms with van der Waals surface area (Å²) >= 11 is 0. The third-order valence-electron chi connectivity index (χ3n) is 6.62. The van der Waals surface area contributed by atoms with E-state index in [4.69, 9.17) is 5.84 Å². The maximum atomic E-state index is 6.57. The number of anilines is 1. The lowest BCUT2D eigenvalue weighted by molar-refractivity contribution is 0.184. The Morgan fingerprint density at radius 2 is 1.74 bits per heavy atom. The van der Waals surface area contributed by atoms with Crippen LogP contribution in [-0.2, 0) is 5.41 Å². The molecule has 0 bridgehead atoms. The van der Waals surface area contributed by atoms with Crippen LogP contribution in [0.5, 0.6) is 0 Å². The smallest absolute Gasteiger partial charge is 0.0627 e. The summed E-state index contributed by atoms with van der Waals surface area (Å²) in [7, 11) is 0. The van der Waals surface area contributed by atoms with Gasteiger partial charge in [-0.1, -0.05) is 50.1 Å².